The van der Waals surface area contributed by atoms with E-state index in [0.29, 0.717) is 17.8 Å². The van der Waals surface area contributed by atoms with Gasteiger partial charge in [0, 0.05) is 42.4 Å². The molecule has 0 amide bonds. The molecule has 29 heavy (non-hydrogen) atoms. The van der Waals surface area contributed by atoms with Crippen molar-refractivity contribution in [2.24, 2.45) is 11.8 Å². The topological polar surface area (TPSA) is 55.2 Å². The standard InChI is InChI=1S/C21H21F2N5O/c1-13-2-3-18(27-8-14(9-27)15-10-29-11-15)7-20(13)25-21-24-12-28(26-21)19-5-16(22)4-17(23)6-19/h2-7,12,14-15H,8-11H2,1H3,(H,25,26). The van der Waals surface area contributed by atoms with E-state index in [9.17, 15) is 8.78 Å². The fourth-order valence-corrected chi connectivity index (χ4v) is 3.73. The van der Waals surface area contributed by atoms with Crippen molar-refractivity contribution in [1.82, 2.24) is 14.8 Å². The van der Waals surface area contributed by atoms with Crippen LogP contribution in [0.1, 0.15) is 5.56 Å². The molecular weight excluding hydrogens is 376 g/mol. The molecule has 0 saturated carbocycles. The van der Waals surface area contributed by atoms with Gasteiger partial charge in [-0.1, -0.05) is 6.07 Å². The number of rotatable bonds is 5. The van der Waals surface area contributed by atoms with Gasteiger partial charge < -0.3 is 15.0 Å². The van der Waals surface area contributed by atoms with E-state index in [1.807, 2.05) is 6.92 Å². The molecule has 2 saturated heterocycles. The van der Waals surface area contributed by atoms with Crippen molar-refractivity contribution in [1.29, 1.82) is 0 Å². The lowest BCUT2D eigenvalue weighted by molar-refractivity contribution is -0.0659. The summed E-state index contributed by atoms with van der Waals surface area (Å²) in [7, 11) is 0. The normalized spacial score (nSPS) is 17.1. The highest BCUT2D eigenvalue weighted by molar-refractivity contribution is 5.66. The molecule has 3 aromatic rings. The molecule has 3 heterocycles. The zero-order valence-corrected chi connectivity index (χ0v) is 16.0. The molecule has 0 aliphatic carbocycles. The largest absolute Gasteiger partial charge is 0.381 e. The number of anilines is 3. The maximum absolute atomic E-state index is 13.5. The van der Waals surface area contributed by atoms with Crippen LogP contribution in [0.4, 0.5) is 26.1 Å². The van der Waals surface area contributed by atoms with E-state index in [4.69, 9.17) is 4.74 Å². The van der Waals surface area contributed by atoms with Gasteiger partial charge in [-0.05, 0) is 36.8 Å². The van der Waals surface area contributed by atoms with E-state index in [0.717, 1.165) is 49.3 Å². The third kappa shape index (κ3) is 3.55. The molecule has 2 aliphatic heterocycles. The molecule has 2 fully saturated rings. The van der Waals surface area contributed by atoms with Gasteiger partial charge in [-0.3, -0.25) is 0 Å². The molecule has 2 aliphatic rings. The average molecular weight is 397 g/mol. The summed E-state index contributed by atoms with van der Waals surface area (Å²) < 4.78 is 33.5. The van der Waals surface area contributed by atoms with Crippen molar-refractivity contribution < 1.29 is 13.5 Å². The summed E-state index contributed by atoms with van der Waals surface area (Å²) in [5.74, 6) is 0.466. The van der Waals surface area contributed by atoms with E-state index in [-0.39, 0.29) is 5.69 Å². The second-order valence-corrected chi connectivity index (χ2v) is 7.73. The number of nitrogens with one attached hydrogen (secondary N) is 1. The molecule has 0 bridgehead atoms. The molecule has 0 spiro atoms. The zero-order chi connectivity index (χ0) is 20.0. The zero-order valence-electron chi connectivity index (χ0n) is 16.0. The number of aryl methyl sites for hydroxylation is 1. The van der Waals surface area contributed by atoms with E-state index >= 15 is 0 Å². The first-order valence-corrected chi connectivity index (χ1v) is 9.64. The molecule has 1 aromatic heterocycles. The monoisotopic (exact) mass is 397 g/mol. The van der Waals surface area contributed by atoms with Crippen molar-refractivity contribution in [3.05, 3.63) is 59.9 Å². The first-order chi connectivity index (χ1) is 14.0. The van der Waals surface area contributed by atoms with Crippen LogP contribution in [0.25, 0.3) is 5.69 Å². The Kier molecular flexibility index (Phi) is 4.43. The average Bonchev–Trinajstić information content (AvgIpc) is 3.06. The number of aromatic nitrogens is 3. The summed E-state index contributed by atoms with van der Waals surface area (Å²) >= 11 is 0. The Balaban J connectivity index is 1.31. The van der Waals surface area contributed by atoms with Crippen LogP contribution in [-0.2, 0) is 4.74 Å². The lowest BCUT2D eigenvalue weighted by atomic mass is 9.84. The number of nitrogens with zero attached hydrogens (tertiary/aromatic N) is 4. The Bertz CT molecular complexity index is 1020. The van der Waals surface area contributed by atoms with Crippen LogP contribution >= 0.6 is 0 Å². The van der Waals surface area contributed by atoms with Crippen LogP contribution in [-0.4, -0.2) is 41.1 Å². The highest BCUT2D eigenvalue weighted by Crippen LogP contribution is 2.34. The van der Waals surface area contributed by atoms with Crippen molar-refractivity contribution >= 4 is 17.3 Å². The van der Waals surface area contributed by atoms with E-state index < -0.39 is 11.6 Å². The number of hydrogen-bond donors (Lipinski definition) is 1. The minimum absolute atomic E-state index is 0.278. The first-order valence-electron chi connectivity index (χ1n) is 9.64. The highest BCUT2D eigenvalue weighted by Gasteiger charge is 2.37. The molecule has 0 unspecified atom stereocenters. The molecule has 150 valence electrons. The molecule has 5 rings (SSSR count). The van der Waals surface area contributed by atoms with Gasteiger partial charge in [-0.15, -0.1) is 5.10 Å². The molecular formula is C21H21F2N5O. The first kappa shape index (κ1) is 18.1. The van der Waals surface area contributed by atoms with Gasteiger partial charge in [-0.2, -0.15) is 4.98 Å². The SMILES string of the molecule is Cc1ccc(N2CC(C3COC3)C2)cc1Nc1ncn(-c2cc(F)cc(F)c2)n1. The van der Waals surface area contributed by atoms with Crippen molar-refractivity contribution in [2.45, 2.75) is 6.92 Å². The summed E-state index contributed by atoms with van der Waals surface area (Å²) in [6, 6.07) is 9.52. The highest BCUT2D eigenvalue weighted by atomic mass is 19.1. The molecule has 8 heteroatoms. The Morgan fingerprint density at radius 3 is 2.45 bits per heavy atom. The van der Waals surface area contributed by atoms with Crippen LogP contribution in [0.15, 0.2) is 42.7 Å². The van der Waals surface area contributed by atoms with E-state index in [1.165, 1.54) is 23.1 Å². The Morgan fingerprint density at radius 2 is 1.76 bits per heavy atom. The minimum Gasteiger partial charge on any atom is -0.381 e. The summed E-state index contributed by atoms with van der Waals surface area (Å²) in [5.41, 5.74) is 3.40. The summed E-state index contributed by atoms with van der Waals surface area (Å²) in [6.45, 7) is 5.89. The summed E-state index contributed by atoms with van der Waals surface area (Å²) in [6.07, 6.45) is 1.43. The van der Waals surface area contributed by atoms with Crippen molar-refractivity contribution in [3.63, 3.8) is 0 Å². The molecule has 0 atom stereocenters. The quantitative estimate of drug-likeness (QED) is 0.712. The predicted molar refractivity (Wildman–Crippen MR) is 106 cm³/mol. The smallest absolute Gasteiger partial charge is 0.246 e. The van der Waals surface area contributed by atoms with Crippen molar-refractivity contribution in [2.75, 3.05) is 36.5 Å². The van der Waals surface area contributed by atoms with E-state index in [1.54, 1.807) is 0 Å². The number of halogens is 2. The Morgan fingerprint density at radius 1 is 1.00 bits per heavy atom. The van der Waals surface area contributed by atoms with Crippen LogP contribution in [0.3, 0.4) is 0 Å². The van der Waals surface area contributed by atoms with Gasteiger partial charge in [0.15, 0.2) is 0 Å². The lowest BCUT2D eigenvalue weighted by Crippen LogP contribution is -2.54. The summed E-state index contributed by atoms with van der Waals surface area (Å²) in [5, 5.41) is 7.51. The summed E-state index contributed by atoms with van der Waals surface area (Å²) in [4.78, 5) is 6.58. The van der Waals surface area contributed by atoms with Crippen LogP contribution in [0.2, 0.25) is 0 Å². The number of benzene rings is 2. The maximum Gasteiger partial charge on any atom is 0.246 e. The molecule has 2 aromatic carbocycles. The lowest BCUT2D eigenvalue weighted by Gasteiger charge is -2.47. The van der Waals surface area contributed by atoms with Gasteiger partial charge in [0.1, 0.15) is 18.0 Å². The molecule has 6 nitrogen and oxygen atoms in total. The van der Waals surface area contributed by atoms with Gasteiger partial charge in [-0.25, -0.2) is 13.5 Å². The number of hydrogen-bond acceptors (Lipinski definition) is 5. The van der Waals surface area contributed by atoms with Crippen molar-refractivity contribution in [3.8, 4) is 5.69 Å². The number of ether oxygens (including phenoxy) is 1. The predicted octanol–water partition coefficient (Wildman–Crippen LogP) is 3.68. The Hall–Kier alpha value is -3.00. The van der Waals surface area contributed by atoms with Gasteiger partial charge >= 0.3 is 0 Å². The molecule has 0 radical (unpaired) electrons. The van der Waals surface area contributed by atoms with Gasteiger partial charge in [0.05, 0.1) is 18.9 Å². The second-order valence-electron chi connectivity index (χ2n) is 7.73. The van der Waals surface area contributed by atoms with E-state index in [2.05, 4.69) is 38.5 Å². The van der Waals surface area contributed by atoms with Crippen LogP contribution in [0, 0.1) is 30.4 Å². The van der Waals surface area contributed by atoms with Gasteiger partial charge in [0.25, 0.3) is 0 Å². The van der Waals surface area contributed by atoms with Crippen LogP contribution < -0.4 is 10.2 Å². The van der Waals surface area contributed by atoms with Crippen LogP contribution in [0.5, 0.6) is 0 Å². The molecule has 1 N–H and O–H groups in total. The fourth-order valence-electron chi connectivity index (χ4n) is 3.73. The second kappa shape index (κ2) is 7.11. The third-order valence-corrected chi connectivity index (χ3v) is 5.68. The van der Waals surface area contributed by atoms with Gasteiger partial charge in [0.2, 0.25) is 5.95 Å². The fraction of sp³-hybridized carbons (Fsp3) is 0.333. The maximum atomic E-state index is 13.5. The third-order valence-electron chi connectivity index (χ3n) is 5.68. The minimum atomic E-state index is -0.658. The Labute approximate surface area is 167 Å².